The van der Waals surface area contributed by atoms with Crippen molar-refractivity contribution in [2.45, 2.75) is 38.1 Å². The van der Waals surface area contributed by atoms with Crippen molar-refractivity contribution < 1.29 is 40.6 Å². The summed E-state index contributed by atoms with van der Waals surface area (Å²) in [6.07, 6.45) is -11.4. The molecule has 15 heteroatoms. The van der Waals surface area contributed by atoms with Gasteiger partial charge < -0.3 is 14.2 Å². The van der Waals surface area contributed by atoms with E-state index in [1.165, 1.54) is 7.05 Å². The molecule has 0 atom stereocenters. The van der Waals surface area contributed by atoms with Crippen molar-refractivity contribution >= 4 is 15.7 Å². The standard InChI is InChI=1S/C16H33F6N4O3PSi/c1-10-11-27-16(28-12-14(17,18)19,29-13-15(20,21)22)26(6)30(24(2)3,25(4)5)23-31(7,8)9/h10H,1,11-13H2,2-9H3. The first kappa shape index (κ1) is 30.5. The van der Waals surface area contributed by atoms with Crippen LogP contribution in [0.3, 0.4) is 0 Å². The number of hydrogen-bond acceptors (Lipinski definition) is 4. The van der Waals surface area contributed by atoms with Gasteiger partial charge in [0, 0.05) is 7.05 Å². The fourth-order valence-corrected chi connectivity index (χ4v) is 10.1. The van der Waals surface area contributed by atoms with Gasteiger partial charge in [0.25, 0.3) is 0 Å². The van der Waals surface area contributed by atoms with E-state index in [9.17, 15) is 26.3 Å². The van der Waals surface area contributed by atoms with Gasteiger partial charge in [-0.15, -0.1) is 6.58 Å². The summed E-state index contributed by atoms with van der Waals surface area (Å²) in [7, 11) is 2.34. The normalized spacial score (nSPS) is 14.6. The van der Waals surface area contributed by atoms with Gasteiger partial charge in [0.15, 0.2) is 15.7 Å². The van der Waals surface area contributed by atoms with Crippen LogP contribution in [0.15, 0.2) is 17.1 Å². The molecule has 0 saturated heterocycles. The number of nitrogens with zero attached hydrogens (tertiary/aromatic N) is 4. The highest BCUT2D eigenvalue weighted by Gasteiger charge is 2.52. The Labute approximate surface area is 181 Å². The Hall–Kier alpha value is -0.473. The second-order valence-electron chi connectivity index (χ2n) is 7.96. The second kappa shape index (κ2) is 11.1. The molecule has 0 bridgehead atoms. The molecule has 0 radical (unpaired) electrons. The predicted octanol–water partition coefficient (Wildman–Crippen LogP) is 4.79. The minimum Gasteiger partial charge on any atom is -0.310 e. The van der Waals surface area contributed by atoms with Crippen LogP contribution in [-0.4, -0.2) is 95.8 Å². The highest BCUT2D eigenvalue weighted by atomic mass is 31.2. The number of ether oxygens (including phenoxy) is 3. The summed E-state index contributed by atoms with van der Waals surface area (Å²) in [6.45, 7) is 4.84. The first-order chi connectivity index (χ1) is 13.7. The van der Waals surface area contributed by atoms with Crippen LogP contribution in [0.4, 0.5) is 26.3 Å². The molecule has 0 heterocycles. The topological polar surface area (TPSA) is 49.8 Å². The third-order valence-electron chi connectivity index (χ3n) is 3.53. The van der Waals surface area contributed by atoms with Crippen LogP contribution in [0.5, 0.6) is 0 Å². The lowest BCUT2D eigenvalue weighted by molar-refractivity contribution is -0.448. The van der Waals surface area contributed by atoms with Crippen molar-refractivity contribution in [3.8, 4) is 0 Å². The monoisotopic (exact) mass is 502 g/mol. The highest BCUT2D eigenvalue weighted by molar-refractivity contribution is 7.60. The van der Waals surface area contributed by atoms with E-state index >= 15 is 0 Å². The first-order valence-electron chi connectivity index (χ1n) is 9.12. The summed E-state index contributed by atoms with van der Waals surface area (Å²) in [4.78, 5) is 0. The number of hydrogen-bond donors (Lipinski definition) is 0. The van der Waals surface area contributed by atoms with E-state index in [1.54, 1.807) is 37.5 Å². The first-order valence-corrected chi connectivity index (χ1v) is 14.2. The quantitative estimate of drug-likeness (QED) is 0.126. The molecule has 0 aliphatic rings. The van der Waals surface area contributed by atoms with Gasteiger partial charge in [0.2, 0.25) is 0 Å². The number of alkyl halides is 6. The smallest absolute Gasteiger partial charge is 0.310 e. The summed E-state index contributed by atoms with van der Waals surface area (Å²) < 4.78 is 102. The molecule has 7 nitrogen and oxygen atoms in total. The molecule has 0 aromatic rings. The third-order valence-corrected chi connectivity index (χ3v) is 10.2. The summed E-state index contributed by atoms with van der Waals surface area (Å²) in [5.74, 6) is 0. The lowest BCUT2D eigenvalue weighted by atomic mass is 10.6. The van der Waals surface area contributed by atoms with E-state index in [-0.39, 0.29) is 0 Å². The zero-order valence-electron chi connectivity index (χ0n) is 19.1. The number of rotatable bonds is 12. The molecule has 0 rings (SSSR count). The maximum Gasteiger partial charge on any atom is 0.412 e. The second-order valence-corrected chi connectivity index (χ2v) is 16.4. The van der Waals surface area contributed by atoms with E-state index in [2.05, 4.69) is 6.58 Å². The molecule has 0 spiro atoms. The molecule has 0 saturated carbocycles. The van der Waals surface area contributed by atoms with Crippen molar-refractivity contribution in [3.05, 3.63) is 12.7 Å². The molecule has 0 aromatic carbocycles. The Morgan fingerprint density at radius 3 is 1.48 bits per heavy atom. The van der Waals surface area contributed by atoms with E-state index < -0.39 is 54.0 Å². The van der Waals surface area contributed by atoms with Crippen molar-refractivity contribution in [3.63, 3.8) is 0 Å². The van der Waals surface area contributed by atoms with E-state index in [4.69, 9.17) is 18.6 Å². The van der Waals surface area contributed by atoms with Crippen LogP contribution in [0.25, 0.3) is 0 Å². The third kappa shape index (κ3) is 9.50. The fraction of sp³-hybridized carbons (Fsp3) is 0.875. The molecule has 0 N–H and O–H groups in total. The lowest BCUT2D eigenvalue weighted by Crippen LogP contribution is -2.57. The van der Waals surface area contributed by atoms with Gasteiger partial charge in [-0.05, 0) is 47.8 Å². The summed E-state index contributed by atoms with van der Waals surface area (Å²) in [6, 6.07) is 0. The molecular weight excluding hydrogens is 469 g/mol. The van der Waals surface area contributed by atoms with Crippen molar-refractivity contribution in [1.29, 1.82) is 0 Å². The van der Waals surface area contributed by atoms with Gasteiger partial charge in [-0.1, -0.05) is 6.08 Å². The van der Waals surface area contributed by atoms with Crippen LogP contribution in [-0.2, 0) is 14.2 Å². The largest absolute Gasteiger partial charge is 0.412 e. The molecule has 0 aliphatic carbocycles. The molecule has 0 aromatic heterocycles. The predicted molar refractivity (Wildman–Crippen MR) is 111 cm³/mol. The van der Waals surface area contributed by atoms with Crippen molar-refractivity contribution in [2.75, 3.05) is 55.1 Å². The van der Waals surface area contributed by atoms with Gasteiger partial charge in [-0.2, -0.15) is 31.0 Å². The fourth-order valence-electron chi connectivity index (χ4n) is 2.62. The minimum absolute atomic E-state index is 0.437. The maximum absolute atomic E-state index is 13.0. The van der Waals surface area contributed by atoms with Crippen LogP contribution < -0.4 is 0 Å². The molecule has 186 valence electrons. The lowest BCUT2D eigenvalue weighted by Gasteiger charge is -2.50. The van der Waals surface area contributed by atoms with Crippen LogP contribution in [0.2, 0.25) is 19.6 Å². The molecule has 0 aliphatic heterocycles. The average Bonchev–Trinajstić information content (AvgIpc) is 2.56. The Morgan fingerprint density at radius 2 is 1.23 bits per heavy atom. The Bertz CT molecular complexity index is 608. The highest BCUT2D eigenvalue weighted by Crippen LogP contribution is 2.60. The average molecular weight is 503 g/mol. The number of halogens is 6. The van der Waals surface area contributed by atoms with Crippen LogP contribution in [0.1, 0.15) is 0 Å². The van der Waals surface area contributed by atoms with Gasteiger partial charge in [0.1, 0.15) is 13.2 Å². The van der Waals surface area contributed by atoms with E-state index in [0.717, 1.165) is 10.7 Å². The minimum atomic E-state index is -4.85. The van der Waals surface area contributed by atoms with Crippen LogP contribution >= 0.6 is 7.51 Å². The van der Waals surface area contributed by atoms with Gasteiger partial charge in [0.05, 0.1) is 6.61 Å². The zero-order chi connectivity index (χ0) is 24.9. The van der Waals surface area contributed by atoms with Gasteiger partial charge >= 0.3 is 18.4 Å². The Balaban J connectivity index is 6.88. The molecule has 0 unspecified atom stereocenters. The molecule has 0 fully saturated rings. The SMILES string of the molecule is C=CCOC(OCC(F)(F)F)(OCC(F)(F)F)N(C)P(=N[Si](C)(C)C)(N(C)C)N(C)C. The summed E-state index contributed by atoms with van der Waals surface area (Å²) in [5.41, 5.74) is 0. The van der Waals surface area contributed by atoms with Crippen LogP contribution in [0, 0.1) is 0 Å². The molecule has 31 heavy (non-hydrogen) atoms. The Kier molecular flexibility index (Phi) is 10.9. The Morgan fingerprint density at radius 1 is 0.839 bits per heavy atom. The van der Waals surface area contributed by atoms with Crippen molar-refractivity contribution in [2.24, 2.45) is 4.41 Å². The van der Waals surface area contributed by atoms with E-state index in [1.807, 2.05) is 19.6 Å². The zero-order valence-corrected chi connectivity index (χ0v) is 21.0. The summed E-state index contributed by atoms with van der Waals surface area (Å²) >= 11 is 0. The van der Waals surface area contributed by atoms with Gasteiger partial charge in [-0.3, -0.25) is 13.8 Å². The maximum atomic E-state index is 13.0. The molecular formula is C16H33F6N4O3PSi. The summed E-state index contributed by atoms with van der Waals surface area (Å²) in [5, 5.41) is 0. The van der Waals surface area contributed by atoms with Gasteiger partial charge in [-0.25, -0.2) is 0 Å². The van der Waals surface area contributed by atoms with E-state index in [0.29, 0.717) is 0 Å². The molecule has 0 amide bonds. The van der Waals surface area contributed by atoms with Crippen molar-refractivity contribution in [1.82, 2.24) is 14.0 Å².